The van der Waals surface area contributed by atoms with Crippen LogP contribution in [0, 0.1) is 0 Å². The van der Waals surface area contributed by atoms with Gasteiger partial charge in [-0.25, -0.2) is 0 Å². The van der Waals surface area contributed by atoms with Gasteiger partial charge in [0.15, 0.2) is 11.5 Å². The van der Waals surface area contributed by atoms with Crippen LogP contribution in [0.2, 0.25) is 0 Å². The molecule has 0 spiro atoms. The van der Waals surface area contributed by atoms with Crippen LogP contribution in [0.25, 0.3) is 0 Å². The Bertz CT molecular complexity index is 657. The predicted octanol–water partition coefficient (Wildman–Crippen LogP) is 4.12. The topological polar surface area (TPSA) is 32.7 Å². The van der Waals surface area contributed by atoms with Crippen molar-refractivity contribution < 1.29 is 9.84 Å². The Balaban J connectivity index is 1.86. The number of anilines is 1. The number of aromatic hydroxyl groups is 1. The molecule has 2 aromatic carbocycles. The molecule has 0 saturated heterocycles. The van der Waals surface area contributed by atoms with Gasteiger partial charge < -0.3 is 14.7 Å². The molecule has 0 bridgehead atoms. The average molecular weight is 348 g/mol. The maximum atomic E-state index is 9.99. The lowest BCUT2D eigenvalue weighted by Crippen LogP contribution is -2.19. The predicted molar refractivity (Wildman–Crippen MR) is 88.2 cm³/mol. The third-order valence-electron chi connectivity index (χ3n) is 3.74. The summed E-state index contributed by atoms with van der Waals surface area (Å²) in [6.07, 6.45) is 1.09. The molecule has 1 aliphatic heterocycles. The fraction of sp³-hybridized carbons (Fsp3) is 0.294. The molecule has 0 aromatic heterocycles. The van der Waals surface area contributed by atoms with Gasteiger partial charge in [0, 0.05) is 18.8 Å². The zero-order valence-corrected chi connectivity index (χ0v) is 13.6. The third kappa shape index (κ3) is 2.86. The van der Waals surface area contributed by atoms with Crippen LogP contribution in [0.15, 0.2) is 40.9 Å². The van der Waals surface area contributed by atoms with Crippen LogP contribution in [0.5, 0.6) is 11.5 Å². The van der Waals surface area contributed by atoms with E-state index in [0.717, 1.165) is 25.1 Å². The highest BCUT2D eigenvalue weighted by atomic mass is 79.9. The molecule has 0 radical (unpaired) electrons. The van der Waals surface area contributed by atoms with Crippen molar-refractivity contribution in [3.05, 3.63) is 52.0 Å². The fourth-order valence-corrected chi connectivity index (χ4v) is 3.26. The van der Waals surface area contributed by atoms with Crippen molar-refractivity contribution in [2.75, 3.05) is 18.1 Å². The highest BCUT2D eigenvalue weighted by Gasteiger charge is 2.19. The Morgan fingerprint density at radius 1 is 1.29 bits per heavy atom. The van der Waals surface area contributed by atoms with Crippen molar-refractivity contribution in [1.29, 1.82) is 0 Å². The third-order valence-corrected chi connectivity index (χ3v) is 4.35. The number of fused-ring (bicyclic) bond motifs is 1. The van der Waals surface area contributed by atoms with Crippen molar-refractivity contribution in [2.24, 2.45) is 0 Å². The second kappa shape index (κ2) is 5.98. The maximum Gasteiger partial charge on any atom is 0.172 e. The Morgan fingerprint density at radius 3 is 2.90 bits per heavy atom. The highest BCUT2D eigenvalue weighted by Crippen LogP contribution is 2.37. The molecule has 21 heavy (non-hydrogen) atoms. The number of phenols is 1. The summed E-state index contributed by atoms with van der Waals surface area (Å²) >= 11 is 3.40. The van der Waals surface area contributed by atoms with Crippen molar-refractivity contribution in [3.8, 4) is 11.5 Å². The first-order valence-corrected chi connectivity index (χ1v) is 7.95. The molecule has 0 atom stereocenters. The lowest BCUT2D eigenvalue weighted by Gasteiger charge is -2.20. The first-order chi connectivity index (χ1) is 10.2. The van der Waals surface area contributed by atoms with Gasteiger partial charge in [0.2, 0.25) is 0 Å². The second-order valence-electron chi connectivity index (χ2n) is 5.16. The van der Waals surface area contributed by atoms with Gasteiger partial charge in [0.25, 0.3) is 0 Å². The van der Waals surface area contributed by atoms with E-state index in [4.69, 9.17) is 4.74 Å². The van der Waals surface area contributed by atoms with Crippen LogP contribution in [-0.4, -0.2) is 18.3 Å². The zero-order chi connectivity index (χ0) is 14.8. The first kappa shape index (κ1) is 14.3. The van der Waals surface area contributed by atoms with Gasteiger partial charge in [-0.15, -0.1) is 0 Å². The summed E-state index contributed by atoms with van der Waals surface area (Å²) in [6, 6.07) is 12.4. The van der Waals surface area contributed by atoms with E-state index in [-0.39, 0.29) is 5.75 Å². The van der Waals surface area contributed by atoms with Gasteiger partial charge in [-0.1, -0.05) is 18.2 Å². The molecule has 0 saturated carbocycles. The number of hydrogen-bond acceptors (Lipinski definition) is 3. The molecule has 3 rings (SSSR count). The van der Waals surface area contributed by atoms with E-state index in [2.05, 4.69) is 45.1 Å². The Labute approximate surface area is 133 Å². The molecule has 0 unspecified atom stereocenters. The van der Waals surface area contributed by atoms with Crippen molar-refractivity contribution in [1.82, 2.24) is 0 Å². The minimum Gasteiger partial charge on any atom is -0.503 e. The summed E-state index contributed by atoms with van der Waals surface area (Å²) in [5, 5.41) is 9.99. The minimum absolute atomic E-state index is 0.169. The largest absolute Gasteiger partial charge is 0.503 e. The van der Waals surface area contributed by atoms with Crippen molar-refractivity contribution >= 4 is 21.6 Å². The van der Waals surface area contributed by atoms with Crippen molar-refractivity contribution in [2.45, 2.75) is 19.9 Å². The number of hydrogen-bond donors (Lipinski definition) is 1. The molecule has 110 valence electrons. The number of para-hydroxylation sites is 1. The first-order valence-electron chi connectivity index (χ1n) is 7.16. The summed E-state index contributed by atoms with van der Waals surface area (Å²) in [5.41, 5.74) is 3.83. The lowest BCUT2D eigenvalue weighted by atomic mass is 10.1. The molecule has 0 fully saturated rings. The Morgan fingerprint density at radius 2 is 2.10 bits per heavy atom. The number of nitrogens with zero attached hydrogens (tertiary/aromatic N) is 1. The lowest BCUT2D eigenvalue weighted by molar-refractivity contribution is 0.317. The summed E-state index contributed by atoms with van der Waals surface area (Å²) < 4.78 is 6.17. The Kier molecular flexibility index (Phi) is 4.06. The van der Waals surface area contributed by atoms with Crippen LogP contribution < -0.4 is 9.64 Å². The van der Waals surface area contributed by atoms with Gasteiger partial charge >= 0.3 is 0 Å². The fourth-order valence-electron chi connectivity index (χ4n) is 2.78. The monoisotopic (exact) mass is 347 g/mol. The second-order valence-corrected chi connectivity index (χ2v) is 6.01. The Hall–Kier alpha value is -1.68. The van der Waals surface area contributed by atoms with E-state index in [1.807, 2.05) is 19.1 Å². The molecule has 1 N–H and O–H groups in total. The van der Waals surface area contributed by atoms with Crippen LogP contribution >= 0.6 is 15.9 Å². The van der Waals surface area contributed by atoms with E-state index in [9.17, 15) is 5.11 Å². The number of ether oxygens (including phenoxy) is 1. The van der Waals surface area contributed by atoms with E-state index in [1.54, 1.807) is 0 Å². The van der Waals surface area contributed by atoms with Gasteiger partial charge in [-0.2, -0.15) is 0 Å². The number of halogens is 1. The van der Waals surface area contributed by atoms with Gasteiger partial charge in [-0.05, 0) is 58.6 Å². The van der Waals surface area contributed by atoms with E-state index in [1.165, 1.54) is 11.3 Å². The van der Waals surface area contributed by atoms with Crippen LogP contribution in [-0.2, 0) is 13.0 Å². The molecule has 1 heterocycles. The quantitative estimate of drug-likeness (QED) is 0.902. The summed E-state index contributed by atoms with van der Waals surface area (Å²) in [5.74, 6) is 0.705. The van der Waals surface area contributed by atoms with Gasteiger partial charge in [0.1, 0.15) is 0 Å². The van der Waals surface area contributed by atoms with E-state index >= 15 is 0 Å². The zero-order valence-electron chi connectivity index (χ0n) is 12.0. The van der Waals surface area contributed by atoms with Crippen LogP contribution in [0.1, 0.15) is 18.1 Å². The highest BCUT2D eigenvalue weighted by molar-refractivity contribution is 9.10. The van der Waals surface area contributed by atoms with Gasteiger partial charge in [-0.3, -0.25) is 0 Å². The summed E-state index contributed by atoms with van der Waals surface area (Å²) in [7, 11) is 0. The molecule has 0 amide bonds. The summed E-state index contributed by atoms with van der Waals surface area (Å²) in [6.45, 7) is 4.30. The van der Waals surface area contributed by atoms with E-state index < -0.39 is 0 Å². The minimum atomic E-state index is 0.169. The normalized spacial score (nSPS) is 13.3. The molecule has 3 nitrogen and oxygen atoms in total. The molecule has 1 aliphatic rings. The number of benzene rings is 2. The van der Waals surface area contributed by atoms with Crippen molar-refractivity contribution in [3.63, 3.8) is 0 Å². The molecular weight excluding hydrogens is 330 g/mol. The standard InChI is InChI=1S/C17H18BrNO2/c1-2-21-16-10-12(9-14(18)17(16)20)11-19-8-7-13-5-3-4-6-15(13)19/h3-6,9-10,20H,2,7-8,11H2,1H3. The summed E-state index contributed by atoms with van der Waals surface area (Å²) in [4.78, 5) is 2.36. The van der Waals surface area contributed by atoms with Crippen LogP contribution in [0.4, 0.5) is 5.69 Å². The SMILES string of the molecule is CCOc1cc(CN2CCc3ccccc32)cc(Br)c1O. The molecule has 0 aliphatic carbocycles. The maximum absolute atomic E-state index is 9.99. The van der Waals surface area contributed by atoms with Gasteiger partial charge in [0.05, 0.1) is 11.1 Å². The molecule has 4 heteroatoms. The average Bonchev–Trinajstić information content (AvgIpc) is 2.88. The molecular formula is C17H18BrNO2. The number of phenolic OH excluding ortho intramolecular Hbond substituents is 1. The molecule has 2 aromatic rings. The smallest absolute Gasteiger partial charge is 0.172 e. The number of rotatable bonds is 4. The van der Waals surface area contributed by atoms with E-state index in [0.29, 0.717) is 16.8 Å². The van der Waals surface area contributed by atoms with Crippen LogP contribution in [0.3, 0.4) is 0 Å².